The maximum atomic E-state index is 12.4. The van der Waals surface area contributed by atoms with Crippen LogP contribution in [0.3, 0.4) is 0 Å². The van der Waals surface area contributed by atoms with Crippen molar-refractivity contribution >= 4 is 17.8 Å². The fourth-order valence-electron chi connectivity index (χ4n) is 4.06. The molecule has 2 aromatic carbocycles. The van der Waals surface area contributed by atoms with Gasteiger partial charge in [0, 0.05) is 39.0 Å². The molecule has 0 radical (unpaired) electrons. The monoisotopic (exact) mass is 406 g/mol. The maximum Gasteiger partial charge on any atom is 0.315 e. The number of nitrogens with one attached hydrogen (secondary N) is 2. The van der Waals surface area contributed by atoms with Gasteiger partial charge in [0.15, 0.2) is 0 Å². The molecular formula is C23H26N4O3. The smallest absolute Gasteiger partial charge is 0.315 e. The minimum atomic E-state index is -0.325. The molecule has 7 nitrogen and oxygen atoms in total. The van der Waals surface area contributed by atoms with Gasteiger partial charge < -0.3 is 20.4 Å². The first kappa shape index (κ1) is 19.9. The lowest BCUT2D eigenvalue weighted by Gasteiger charge is -2.19. The fraction of sp³-hybridized carbons (Fsp3) is 0.348. The van der Waals surface area contributed by atoms with Crippen LogP contribution in [0.15, 0.2) is 60.7 Å². The van der Waals surface area contributed by atoms with Crippen molar-refractivity contribution in [3.63, 3.8) is 0 Å². The minimum absolute atomic E-state index is 0.0363. The highest BCUT2D eigenvalue weighted by molar-refractivity contribution is 5.83. The van der Waals surface area contributed by atoms with Crippen LogP contribution in [0.25, 0.3) is 0 Å². The van der Waals surface area contributed by atoms with Crippen molar-refractivity contribution in [2.45, 2.75) is 38.0 Å². The van der Waals surface area contributed by atoms with Gasteiger partial charge in [-0.2, -0.15) is 0 Å². The number of benzene rings is 2. The zero-order valence-corrected chi connectivity index (χ0v) is 16.8. The summed E-state index contributed by atoms with van der Waals surface area (Å²) >= 11 is 0. The van der Waals surface area contributed by atoms with Gasteiger partial charge in [0.25, 0.3) is 0 Å². The highest BCUT2D eigenvalue weighted by Gasteiger charge is 2.33. The average Bonchev–Trinajstić information content (AvgIpc) is 3.24. The van der Waals surface area contributed by atoms with E-state index >= 15 is 0 Å². The SMILES string of the molecule is O=C(N[C@H]1CC(=O)N(Cc2ccccc2)C1)N[C@H]1CC(=O)N(Cc2ccccc2)C1. The number of rotatable bonds is 6. The van der Waals surface area contributed by atoms with Gasteiger partial charge in [0.2, 0.25) is 11.8 Å². The van der Waals surface area contributed by atoms with E-state index in [0.29, 0.717) is 39.0 Å². The quantitative estimate of drug-likeness (QED) is 0.769. The van der Waals surface area contributed by atoms with Gasteiger partial charge in [0.1, 0.15) is 0 Å². The second-order valence-corrected chi connectivity index (χ2v) is 7.94. The largest absolute Gasteiger partial charge is 0.336 e. The Balaban J connectivity index is 1.24. The summed E-state index contributed by atoms with van der Waals surface area (Å²) in [6, 6.07) is 18.8. The highest BCUT2D eigenvalue weighted by atomic mass is 16.2. The van der Waals surface area contributed by atoms with E-state index in [1.165, 1.54) is 0 Å². The number of hydrogen-bond acceptors (Lipinski definition) is 3. The second-order valence-electron chi connectivity index (χ2n) is 7.94. The number of carbonyl (C=O) groups is 3. The molecule has 0 aromatic heterocycles. The van der Waals surface area contributed by atoms with E-state index in [4.69, 9.17) is 0 Å². The molecule has 4 rings (SSSR count). The van der Waals surface area contributed by atoms with Gasteiger partial charge in [-0.25, -0.2) is 4.79 Å². The van der Waals surface area contributed by atoms with Gasteiger partial charge in [-0.15, -0.1) is 0 Å². The molecule has 4 amide bonds. The molecule has 2 fully saturated rings. The molecular weight excluding hydrogens is 380 g/mol. The first-order valence-electron chi connectivity index (χ1n) is 10.3. The Morgan fingerprint density at radius 1 is 0.733 bits per heavy atom. The van der Waals surface area contributed by atoms with Crippen molar-refractivity contribution in [3.8, 4) is 0 Å². The third-order valence-corrected chi connectivity index (χ3v) is 5.53. The van der Waals surface area contributed by atoms with Crippen molar-refractivity contribution in [1.29, 1.82) is 0 Å². The Bertz CT molecular complexity index is 830. The normalized spacial score (nSPS) is 21.2. The van der Waals surface area contributed by atoms with E-state index < -0.39 is 0 Å². The number of urea groups is 1. The van der Waals surface area contributed by atoms with E-state index in [1.54, 1.807) is 9.80 Å². The van der Waals surface area contributed by atoms with Gasteiger partial charge in [-0.1, -0.05) is 60.7 Å². The van der Waals surface area contributed by atoms with Crippen LogP contribution in [0.1, 0.15) is 24.0 Å². The lowest BCUT2D eigenvalue weighted by Crippen LogP contribution is -2.47. The van der Waals surface area contributed by atoms with Crippen LogP contribution in [0, 0.1) is 0 Å². The number of nitrogens with zero attached hydrogens (tertiary/aromatic N) is 2. The van der Waals surface area contributed by atoms with E-state index in [-0.39, 0.29) is 29.9 Å². The van der Waals surface area contributed by atoms with E-state index in [9.17, 15) is 14.4 Å². The van der Waals surface area contributed by atoms with Crippen molar-refractivity contribution in [3.05, 3.63) is 71.8 Å². The zero-order valence-electron chi connectivity index (χ0n) is 16.8. The molecule has 2 saturated heterocycles. The Morgan fingerprint density at radius 3 is 1.53 bits per heavy atom. The molecule has 2 aromatic rings. The molecule has 7 heteroatoms. The van der Waals surface area contributed by atoms with Gasteiger partial charge in [-0.3, -0.25) is 9.59 Å². The van der Waals surface area contributed by atoms with Crippen LogP contribution >= 0.6 is 0 Å². The van der Waals surface area contributed by atoms with Crippen molar-refractivity contribution in [2.24, 2.45) is 0 Å². The molecule has 30 heavy (non-hydrogen) atoms. The molecule has 0 saturated carbocycles. The molecule has 2 N–H and O–H groups in total. The van der Waals surface area contributed by atoms with Crippen LogP contribution in [0.4, 0.5) is 4.79 Å². The molecule has 156 valence electrons. The Morgan fingerprint density at radius 2 is 1.13 bits per heavy atom. The molecule has 2 heterocycles. The average molecular weight is 406 g/mol. The summed E-state index contributed by atoms with van der Waals surface area (Å²) in [5, 5.41) is 5.78. The number of amides is 4. The predicted octanol–water partition coefficient (Wildman–Crippen LogP) is 1.89. The summed E-state index contributed by atoms with van der Waals surface area (Å²) in [4.78, 5) is 40.5. The molecule has 2 aliphatic rings. The van der Waals surface area contributed by atoms with Crippen LogP contribution < -0.4 is 10.6 Å². The topological polar surface area (TPSA) is 81.8 Å². The Labute approximate surface area is 176 Å². The molecule has 0 spiro atoms. The summed E-state index contributed by atoms with van der Waals surface area (Å²) < 4.78 is 0. The summed E-state index contributed by atoms with van der Waals surface area (Å²) in [5.41, 5.74) is 2.14. The van der Waals surface area contributed by atoms with Gasteiger partial charge >= 0.3 is 6.03 Å². The van der Waals surface area contributed by atoms with Crippen LogP contribution in [-0.2, 0) is 22.7 Å². The van der Waals surface area contributed by atoms with E-state index in [1.807, 2.05) is 60.7 Å². The van der Waals surface area contributed by atoms with Crippen molar-refractivity contribution in [2.75, 3.05) is 13.1 Å². The summed E-state index contributed by atoms with van der Waals surface area (Å²) in [7, 11) is 0. The first-order chi connectivity index (χ1) is 14.6. The minimum Gasteiger partial charge on any atom is -0.336 e. The van der Waals surface area contributed by atoms with Crippen LogP contribution in [0.5, 0.6) is 0 Å². The molecule has 0 aliphatic carbocycles. The van der Waals surface area contributed by atoms with E-state index in [2.05, 4.69) is 10.6 Å². The third kappa shape index (κ3) is 4.97. The number of carbonyl (C=O) groups excluding carboxylic acids is 3. The molecule has 0 bridgehead atoms. The Kier molecular flexibility index (Phi) is 5.97. The van der Waals surface area contributed by atoms with Crippen molar-refractivity contribution < 1.29 is 14.4 Å². The van der Waals surface area contributed by atoms with Gasteiger partial charge in [-0.05, 0) is 11.1 Å². The van der Waals surface area contributed by atoms with Crippen molar-refractivity contribution in [1.82, 2.24) is 20.4 Å². The zero-order chi connectivity index (χ0) is 20.9. The number of likely N-dealkylation sites (tertiary alicyclic amines) is 2. The van der Waals surface area contributed by atoms with Gasteiger partial charge in [0.05, 0.1) is 12.1 Å². The van der Waals surface area contributed by atoms with E-state index in [0.717, 1.165) is 11.1 Å². The van der Waals surface area contributed by atoms with Crippen LogP contribution in [0.2, 0.25) is 0 Å². The third-order valence-electron chi connectivity index (χ3n) is 5.53. The first-order valence-corrected chi connectivity index (χ1v) is 10.3. The highest BCUT2D eigenvalue weighted by Crippen LogP contribution is 2.17. The lowest BCUT2D eigenvalue weighted by atomic mass is 10.2. The Hall–Kier alpha value is -3.35. The van der Waals surface area contributed by atoms with Crippen LogP contribution in [-0.4, -0.2) is 52.8 Å². The fourth-order valence-corrected chi connectivity index (χ4v) is 4.06. The molecule has 2 atom stereocenters. The number of hydrogen-bond donors (Lipinski definition) is 2. The summed E-state index contributed by atoms with van der Waals surface area (Å²) in [6.07, 6.45) is 0.591. The lowest BCUT2D eigenvalue weighted by molar-refractivity contribution is -0.129. The summed E-state index contributed by atoms with van der Waals surface area (Å²) in [6.45, 7) is 2.08. The summed E-state index contributed by atoms with van der Waals surface area (Å²) in [5.74, 6) is 0.0727. The molecule has 0 unspecified atom stereocenters. The molecule has 2 aliphatic heterocycles. The standard InChI is InChI=1S/C23H26N4O3/c28-21-11-19(15-26(21)13-17-7-3-1-4-8-17)24-23(30)25-20-12-22(29)27(16-20)14-18-9-5-2-6-10-18/h1-10,19-20H,11-16H2,(H2,24,25,30)/t19-,20-/m0/s1. The maximum absolute atomic E-state index is 12.4. The predicted molar refractivity (Wildman–Crippen MR) is 112 cm³/mol. The second kappa shape index (κ2) is 8.98.